The number of rotatable bonds is 2. The standard InChI is InChI=1S/C12H8F4N2/c13-6-1-2-11(10(17)3-6)18-12-5-8(15)7(14)4-9(12)16/h1-5,18H,17H2. The van der Waals surface area contributed by atoms with Gasteiger partial charge in [0.15, 0.2) is 11.6 Å². The quantitative estimate of drug-likeness (QED) is 0.489. The second-order valence-corrected chi connectivity index (χ2v) is 3.60. The Morgan fingerprint density at radius 1 is 0.778 bits per heavy atom. The van der Waals surface area contributed by atoms with E-state index in [2.05, 4.69) is 5.32 Å². The van der Waals surface area contributed by atoms with Crippen LogP contribution in [0, 0.1) is 23.3 Å². The van der Waals surface area contributed by atoms with Crippen molar-refractivity contribution < 1.29 is 17.6 Å². The smallest absolute Gasteiger partial charge is 0.161 e. The topological polar surface area (TPSA) is 38.0 Å². The van der Waals surface area contributed by atoms with Gasteiger partial charge in [-0.2, -0.15) is 0 Å². The van der Waals surface area contributed by atoms with Crippen molar-refractivity contribution in [1.29, 1.82) is 0 Å². The van der Waals surface area contributed by atoms with Crippen molar-refractivity contribution in [2.75, 3.05) is 11.1 Å². The average molecular weight is 256 g/mol. The summed E-state index contributed by atoms with van der Waals surface area (Å²) < 4.78 is 51.8. The number of halogens is 4. The molecule has 2 aromatic carbocycles. The second kappa shape index (κ2) is 4.56. The maximum Gasteiger partial charge on any atom is 0.161 e. The molecule has 0 saturated heterocycles. The van der Waals surface area contributed by atoms with Gasteiger partial charge in [-0.25, -0.2) is 17.6 Å². The van der Waals surface area contributed by atoms with Crippen LogP contribution in [0.3, 0.4) is 0 Å². The zero-order valence-corrected chi connectivity index (χ0v) is 8.98. The van der Waals surface area contributed by atoms with Crippen molar-refractivity contribution >= 4 is 17.1 Å². The molecule has 18 heavy (non-hydrogen) atoms. The largest absolute Gasteiger partial charge is 0.397 e. The molecule has 0 aromatic heterocycles. The van der Waals surface area contributed by atoms with Gasteiger partial charge in [0.05, 0.1) is 17.1 Å². The zero-order valence-electron chi connectivity index (χ0n) is 8.98. The fraction of sp³-hybridized carbons (Fsp3) is 0. The Hall–Kier alpha value is -2.24. The summed E-state index contributed by atoms with van der Waals surface area (Å²) in [7, 11) is 0. The van der Waals surface area contributed by atoms with Crippen molar-refractivity contribution in [1.82, 2.24) is 0 Å². The van der Waals surface area contributed by atoms with Crippen LogP contribution in [0.2, 0.25) is 0 Å². The molecule has 0 bridgehead atoms. The first kappa shape index (κ1) is 12.2. The highest BCUT2D eigenvalue weighted by molar-refractivity contribution is 5.72. The van der Waals surface area contributed by atoms with E-state index in [1.165, 1.54) is 6.07 Å². The summed E-state index contributed by atoms with van der Waals surface area (Å²) in [5.41, 5.74) is 5.43. The predicted octanol–water partition coefficient (Wildman–Crippen LogP) is 3.57. The Morgan fingerprint density at radius 2 is 1.44 bits per heavy atom. The van der Waals surface area contributed by atoms with E-state index in [1.54, 1.807) is 0 Å². The molecule has 0 heterocycles. The zero-order chi connectivity index (χ0) is 13.3. The van der Waals surface area contributed by atoms with Gasteiger partial charge in [0.2, 0.25) is 0 Å². The molecule has 2 rings (SSSR count). The number of anilines is 3. The Balaban J connectivity index is 2.37. The van der Waals surface area contributed by atoms with Crippen LogP contribution in [0.25, 0.3) is 0 Å². The molecule has 0 aliphatic rings. The molecule has 0 aliphatic carbocycles. The molecule has 0 unspecified atom stereocenters. The van der Waals surface area contributed by atoms with E-state index in [0.717, 1.165) is 12.1 Å². The Morgan fingerprint density at radius 3 is 2.11 bits per heavy atom. The van der Waals surface area contributed by atoms with Gasteiger partial charge in [0.25, 0.3) is 0 Å². The third-order valence-electron chi connectivity index (χ3n) is 2.29. The summed E-state index contributed by atoms with van der Waals surface area (Å²) in [5.74, 6) is -4.01. The van der Waals surface area contributed by atoms with E-state index < -0.39 is 23.3 Å². The van der Waals surface area contributed by atoms with E-state index >= 15 is 0 Å². The first-order chi connectivity index (χ1) is 8.47. The van der Waals surface area contributed by atoms with E-state index in [-0.39, 0.29) is 17.1 Å². The summed E-state index contributed by atoms with van der Waals surface area (Å²) in [6, 6.07) is 4.48. The third kappa shape index (κ3) is 2.37. The molecular formula is C12H8F4N2. The lowest BCUT2D eigenvalue weighted by Gasteiger charge is -2.10. The minimum absolute atomic E-state index is 0.0270. The van der Waals surface area contributed by atoms with Crippen LogP contribution in [0.15, 0.2) is 30.3 Å². The van der Waals surface area contributed by atoms with Gasteiger partial charge < -0.3 is 11.1 Å². The summed E-state index contributed by atoms with van der Waals surface area (Å²) >= 11 is 0. The molecule has 2 nitrogen and oxygen atoms in total. The highest BCUT2D eigenvalue weighted by Crippen LogP contribution is 2.26. The van der Waals surface area contributed by atoms with Crippen molar-refractivity contribution in [3.63, 3.8) is 0 Å². The molecule has 0 amide bonds. The molecule has 0 atom stereocenters. The molecule has 0 spiro atoms. The number of hydrogen-bond acceptors (Lipinski definition) is 2. The van der Waals surface area contributed by atoms with Gasteiger partial charge in [-0.15, -0.1) is 0 Å². The van der Waals surface area contributed by atoms with Crippen LogP contribution in [-0.2, 0) is 0 Å². The van der Waals surface area contributed by atoms with Crippen LogP contribution in [-0.4, -0.2) is 0 Å². The van der Waals surface area contributed by atoms with E-state index in [9.17, 15) is 17.6 Å². The summed E-state index contributed by atoms with van der Waals surface area (Å²) in [6.07, 6.45) is 0. The van der Waals surface area contributed by atoms with Crippen LogP contribution in [0.1, 0.15) is 0 Å². The molecule has 0 aliphatic heterocycles. The van der Waals surface area contributed by atoms with Crippen LogP contribution >= 0.6 is 0 Å². The summed E-state index contributed by atoms with van der Waals surface area (Å²) in [4.78, 5) is 0. The van der Waals surface area contributed by atoms with Crippen molar-refractivity contribution in [3.05, 3.63) is 53.6 Å². The van der Waals surface area contributed by atoms with Crippen LogP contribution < -0.4 is 11.1 Å². The van der Waals surface area contributed by atoms with Gasteiger partial charge in [0, 0.05) is 12.1 Å². The van der Waals surface area contributed by atoms with E-state index in [4.69, 9.17) is 5.73 Å². The molecular weight excluding hydrogens is 248 g/mol. The third-order valence-corrected chi connectivity index (χ3v) is 2.29. The van der Waals surface area contributed by atoms with Gasteiger partial charge in [-0.1, -0.05) is 0 Å². The first-order valence-electron chi connectivity index (χ1n) is 4.94. The number of nitrogens with two attached hydrogens (primary N) is 1. The lowest BCUT2D eigenvalue weighted by Crippen LogP contribution is -2.00. The normalized spacial score (nSPS) is 10.4. The predicted molar refractivity (Wildman–Crippen MR) is 60.4 cm³/mol. The Kier molecular flexibility index (Phi) is 3.10. The highest BCUT2D eigenvalue weighted by atomic mass is 19.2. The minimum Gasteiger partial charge on any atom is -0.397 e. The maximum absolute atomic E-state index is 13.3. The van der Waals surface area contributed by atoms with Crippen LogP contribution in [0.5, 0.6) is 0 Å². The molecule has 0 fully saturated rings. The van der Waals surface area contributed by atoms with E-state index in [1.807, 2.05) is 0 Å². The van der Waals surface area contributed by atoms with E-state index in [0.29, 0.717) is 12.1 Å². The lowest BCUT2D eigenvalue weighted by molar-refractivity contribution is 0.496. The highest BCUT2D eigenvalue weighted by Gasteiger charge is 2.11. The lowest BCUT2D eigenvalue weighted by atomic mass is 10.2. The van der Waals surface area contributed by atoms with Gasteiger partial charge in [0.1, 0.15) is 11.6 Å². The molecule has 6 heteroatoms. The van der Waals surface area contributed by atoms with Crippen molar-refractivity contribution in [2.45, 2.75) is 0 Å². The number of nitrogen functional groups attached to an aromatic ring is 1. The number of nitrogens with one attached hydrogen (secondary N) is 1. The fourth-order valence-corrected chi connectivity index (χ4v) is 1.41. The van der Waals surface area contributed by atoms with Gasteiger partial charge in [-0.3, -0.25) is 0 Å². The Bertz CT molecular complexity index is 599. The molecule has 2 aromatic rings. The van der Waals surface area contributed by atoms with Crippen molar-refractivity contribution in [2.24, 2.45) is 0 Å². The average Bonchev–Trinajstić information content (AvgIpc) is 2.29. The number of hydrogen-bond donors (Lipinski definition) is 2. The molecule has 94 valence electrons. The molecule has 0 radical (unpaired) electrons. The molecule has 0 saturated carbocycles. The summed E-state index contributed by atoms with van der Waals surface area (Å²) in [5, 5.41) is 2.46. The minimum atomic E-state index is -1.29. The van der Waals surface area contributed by atoms with Crippen molar-refractivity contribution in [3.8, 4) is 0 Å². The fourth-order valence-electron chi connectivity index (χ4n) is 1.41. The first-order valence-corrected chi connectivity index (χ1v) is 4.94. The Labute approximate surface area is 100 Å². The molecule has 3 N–H and O–H groups in total. The second-order valence-electron chi connectivity index (χ2n) is 3.60. The number of benzene rings is 2. The summed E-state index contributed by atoms with van der Waals surface area (Å²) in [6.45, 7) is 0. The van der Waals surface area contributed by atoms with Gasteiger partial charge >= 0.3 is 0 Å². The van der Waals surface area contributed by atoms with Gasteiger partial charge in [-0.05, 0) is 18.2 Å². The van der Waals surface area contributed by atoms with Crippen LogP contribution in [0.4, 0.5) is 34.6 Å². The monoisotopic (exact) mass is 256 g/mol. The SMILES string of the molecule is Nc1cc(F)ccc1Nc1cc(F)c(F)cc1F. The maximum atomic E-state index is 13.3.